The van der Waals surface area contributed by atoms with Gasteiger partial charge in [0, 0.05) is 6.54 Å². The first-order valence-electron chi connectivity index (χ1n) is 7.95. The van der Waals surface area contributed by atoms with Crippen molar-refractivity contribution in [2.45, 2.75) is 38.4 Å². The normalized spacial score (nSPS) is 22.3. The Balaban J connectivity index is 1.76. The number of nitrogens with one attached hydrogen (secondary N) is 1. The van der Waals surface area contributed by atoms with Crippen molar-refractivity contribution in [2.24, 2.45) is 0 Å². The van der Waals surface area contributed by atoms with Crippen LogP contribution in [0.2, 0.25) is 0 Å². The maximum Gasteiger partial charge on any atom is 0.317 e. The molecule has 1 aromatic rings. The van der Waals surface area contributed by atoms with Crippen molar-refractivity contribution in [1.29, 1.82) is 0 Å². The molecule has 0 radical (unpaired) electrons. The molecular formula is C17H26N2O4. The molecule has 2 amide bonds. The standard InChI is InChI=1S/C17H26N2O4/c1-13(23-15-7-5-14(22-3)6-8-15)11-18-16(20)19-10-4-9-17(2,21)12-19/h5-8,13,21H,4,9-12H2,1-3H3,(H,18,20). The maximum atomic E-state index is 12.2. The zero-order chi connectivity index (χ0) is 16.9. The van der Waals surface area contributed by atoms with Gasteiger partial charge in [0.2, 0.25) is 0 Å². The Labute approximate surface area is 137 Å². The fourth-order valence-corrected chi connectivity index (χ4v) is 2.66. The number of nitrogens with zero attached hydrogens (tertiary/aromatic N) is 1. The number of rotatable bonds is 5. The van der Waals surface area contributed by atoms with Gasteiger partial charge in [-0.15, -0.1) is 0 Å². The number of hydrogen-bond acceptors (Lipinski definition) is 4. The minimum absolute atomic E-state index is 0.155. The van der Waals surface area contributed by atoms with Crippen molar-refractivity contribution < 1.29 is 19.4 Å². The second-order valence-corrected chi connectivity index (χ2v) is 6.31. The first kappa shape index (κ1) is 17.4. The van der Waals surface area contributed by atoms with E-state index in [9.17, 15) is 9.90 Å². The zero-order valence-electron chi connectivity index (χ0n) is 14.0. The molecule has 0 bridgehead atoms. The summed E-state index contributed by atoms with van der Waals surface area (Å²) in [5.41, 5.74) is -0.791. The molecule has 128 valence electrons. The second-order valence-electron chi connectivity index (χ2n) is 6.31. The molecule has 1 aromatic carbocycles. The summed E-state index contributed by atoms with van der Waals surface area (Å²) in [7, 11) is 1.62. The maximum absolute atomic E-state index is 12.2. The molecule has 2 unspecified atom stereocenters. The van der Waals surface area contributed by atoms with Gasteiger partial charge in [-0.3, -0.25) is 0 Å². The molecule has 1 heterocycles. The van der Waals surface area contributed by atoms with Crippen LogP contribution in [0.3, 0.4) is 0 Å². The van der Waals surface area contributed by atoms with Crippen molar-refractivity contribution in [3.05, 3.63) is 24.3 Å². The zero-order valence-corrected chi connectivity index (χ0v) is 14.0. The van der Waals surface area contributed by atoms with E-state index < -0.39 is 5.60 Å². The molecular weight excluding hydrogens is 296 g/mol. The average molecular weight is 322 g/mol. The van der Waals surface area contributed by atoms with Gasteiger partial charge < -0.3 is 24.8 Å². The third kappa shape index (κ3) is 5.32. The highest BCUT2D eigenvalue weighted by Gasteiger charge is 2.30. The van der Waals surface area contributed by atoms with Crippen molar-refractivity contribution >= 4 is 6.03 Å². The van der Waals surface area contributed by atoms with E-state index >= 15 is 0 Å². The Hall–Kier alpha value is -1.95. The number of likely N-dealkylation sites (tertiary alicyclic amines) is 1. The fourth-order valence-electron chi connectivity index (χ4n) is 2.66. The summed E-state index contributed by atoms with van der Waals surface area (Å²) in [6.07, 6.45) is 1.39. The SMILES string of the molecule is COc1ccc(OC(C)CNC(=O)N2CCCC(C)(O)C2)cc1. The van der Waals surface area contributed by atoms with E-state index in [1.54, 1.807) is 18.9 Å². The van der Waals surface area contributed by atoms with Gasteiger partial charge in [-0.05, 0) is 51.0 Å². The molecule has 2 rings (SSSR count). The molecule has 23 heavy (non-hydrogen) atoms. The summed E-state index contributed by atoms with van der Waals surface area (Å²) < 4.78 is 10.9. The summed E-state index contributed by atoms with van der Waals surface area (Å²) >= 11 is 0. The molecule has 2 N–H and O–H groups in total. The average Bonchev–Trinajstić information content (AvgIpc) is 2.52. The highest BCUT2D eigenvalue weighted by molar-refractivity contribution is 5.74. The lowest BCUT2D eigenvalue weighted by molar-refractivity contribution is -0.00270. The van der Waals surface area contributed by atoms with Crippen LogP contribution in [0.25, 0.3) is 0 Å². The molecule has 0 aliphatic carbocycles. The van der Waals surface area contributed by atoms with E-state index in [-0.39, 0.29) is 12.1 Å². The predicted octanol–water partition coefficient (Wildman–Crippen LogP) is 2.02. The third-order valence-electron chi connectivity index (χ3n) is 3.90. The van der Waals surface area contributed by atoms with Crippen LogP contribution in [-0.4, -0.2) is 54.5 Å². The summed E-state index contributed by atoms with van der Waals surface area (Å²) in [6, 6.07) is 7.17. The molecule has 0 aromatic heterocycles. The summed E-state index contributed by atoms with van der Waals surface area (Å²) in [4.78, 5) is 13.8. The lowest BCUT2D eigenvalue weighted by Gasteiger charge is -2.36. The van der Waals surface area contributed by atoms with Crippen LogP contribution in [0.1, 0.15) is 26.7 Å². The fraction of sp³-hybridized carbons (Fsp3) is 0.588. The molecule has 2 atom stereocenters. The van der Waals surface area contributed by atoms with Crippen molar-refractivity contribution in [3.63, 3.8) is 0 Å². The number of hydrogen-bond donors (Lipinski definition) is 2. The summed E-state index contributed by atoms with van der Waals surface area (Å²) in [6.45, 7) is 5.12. The Morgan fingerprint density at radius 1 is 1.39 bits per heavy atom. The van der Waals surface area contributed by atoms with Crippen LogP contribution in [0.4, 0.5) is 4.79 Å². The van der Waals surface area contributed by atoms with Gasteiger partial charge in [0.25, 0.3) is 0 Å². The van der Waals surface area contributed by atoms with E-state index in [2.05, 4.69) is 5.32 Å². The number of amides is 2. The van der Waals surface area contributed by atoms with Crippen molar-refractivity contribution in [1.82, 2.24) is 10.2 Å². The first-order chi connectivity index (χ1) is 10.9. The molecule has 0 saturated carbocycles. The van der Waals surface area contributed by atoms with Gasteiger partial charge in [-0.2, -0.15) is 0 Å². The van der Waals surface area contributed by atoms with E-state index in [0.717, 1.165) is 24.3 Å². The molecule has 0 spiro atoms. The Morgan fingerprint density at radius 2 is 2.04 bits per heavy atom. The topological polar surface area (TPSA) is 71.0 Å². The van der Waals surface area contributed by atoms with Gasteiger partial charge in [-0.1, -0.05) is 0 Å². The molecule has 1 fully saturated rings. The van der Waals surface area contributed by atoms with E-state index in [4.69, 9.17) is 9.47 Å². The van der Waals surface area contributed by atoms with Crippen LogP contribution >= 0.6 is 0 Å². The molecule has 1 aliphatic rings. The molecule has 6 heteroatoms. The highest BCUT2D eigenvalue weighted by Crippen LogP contribution is 2.20. The van der Waals surface area contributed by atoms with Gasteiger partial charge in [-0.25, -0.2) is 4.79 Å². The number of piperidine rings is 1. The van der Waals surface area contributed by atoms with Crippen LogP contribution in [0.5, 0.6) is 11.5 Å². The summed E-state index contributed by atoms with van der Waals surface area (Å²) in [5.74, 6) is 1.50. The van der Waals surface area contributed by atoms with E-state index in [0.29, 0.717) is 19.6 Å². The van der Waals surface area contributed by atoms with Gasteiger partial charge in [0.1, 0.15) is 17.6 Å². The number of urea groups is 1. The number of β-amino-alcohol motifs (C(OH)–C–C–N with tert-alkyl or cyclic N) is 1. The number of carbonyl (C=O) groups excluding carboxylic acids is 1. The molecule has 1 aliphatic heterocycles. The van der Waals surface area contributed by atoms with E-state index in [1.165, 1.54) is 0 Å². The van der Waals surface area contributed by atoms with E-state index in [1.807, 2.05) is 31.2 Å². The number of carbonyl (C=O) groups is 1. The van der Waals surface area contributed by atoms with Gasteiger partial charge in [0.05, 0.1) is 25.8 Å². The second kappa shape index (κ2) is 7.55. The number of ether oxygens (including phenoxy) is 2. The smallest absolute Gasteiger partial charge is 0.317 e. The van der Waals surface area contributed by atoms with Crippen molar-refractivity contribution in [2.75, 3.05) is 26.7 Å². The minimum atomic E-state index is -0.791. The quantitative estimate of drug-likeness (QED) is 0.870. The van der Waals surface area contributed by atoms with Crippen LogP contribution in [-0.2, 0) is 0 Å². The number of aliphatic hydroxyl groups is 1. The third-order valence-corrected chi connectivity index (χ3v) is 3.90. The lowest BCUT2D eigenvalue weighted by Crippen LogP contribution is -2.52. The highest BCUT2D eigenvalue weighted by atomic mass is 16.5. The Morgan fingerprint density at radius 3 is 2.65 bits per heavy atom. The van der Waals surface area contributed by atoms with Crippen molar-refractivity contribution in [3.8, 4) is 11.5 Å². The molecule has 1 saturated heterocycles. The number of benzene rings is 1. The molecule has 6 nitrogen and oxygen atoms in total. The Bertz CT molecular complexity index is 516. The lowest BCUT2D eigenvalue weighted by atomic mass is 9.95. The first-order valence-corrected chi connectivity index (χ1v) is 7.95. The van der Waals surface area contributed by atoms with Gasteiger partial charge in [0.15, 0.2) is 0 Å². The van der Waals surface area contributed by atoms with Gasteiger partial charge >= 0.3 is 6.03 Å². The number of methoxy groups -OCH3 is 1. The summed E-state index contributed by atoms with van der Waals surface area (Å²) in [5, 5.41) is 12.9. The minimum Gasteiger partial charge on any atom is -0.497 e. The monoisotopic (exact) mass is 322 g/mol. The predicted molar refractivity (Wildman–Crippen MR) is 87.9 cm³/mol. The Kier molecular flexibility index (Phi) is 5.71. The van der Waals surface area contributed by atoms with Crippen LogP contribution in [0.15, 0.2) is 24.3 Å². The van der Waals surface area contributed by atoms with Crippen LogP contribution in [0, 0.1) is 0 Å². The van der Waals surface area contributed by atoms with Crippen LogP contribution < -0.4 is 14.8 Å². The largest absolute Gasteiger partial charge is 0.497 e.